The summed E-state index contributed by atoms with van der Waals surface area (Å²) in [6.45, 7) is 9.74. The van der Waals surface area contributed by atoms with Gasteiger partial charge in [0.2, 0.25) is 5.91 Å². The van der Waals surface area contributed by atoms with E-state index in [0.717, 1.165) is 40.2 Å². The van der Waals surface area contributed by atoms with Gasteiger partial charge in [0, 0.05) is 55.1 Å². The Morgan fingerprint density at radius 2 is 1.76 bits per heavy atom. The first kappa shape index (κ1) is 41.5. The van der Waals surface area contributed by atoms with Gasteiger partial charge in [-0.1, -0.05) is 24.3 Å². The van der Waals surface area contributed by atoms with Crippen molar-refractivity contribution in [3.63, 3.8) is 0 Å². The van der Waals surface area contributed by atoms with Gasteiger partial charge in [-0.15, -0.1) is 5.10 Å². The van der Waals surface area contributed by atoms with Crippen molar-refractivity contribution in [2.24, 2.45) is 5.92 Å². The van der Waals surface area contributed by atoms with Gasteiger partial charge in [0.25, 0.3) is 5.91 Å². The van der Waals surface area contributed by atoms with E-state index in [1.807, 2.05) is 93.8 Å². The monoisotopic (exact) mass is 812 g/mol. The van der Waals surface area contributed by atoms with Gasteiger partial charge in [-0.05, 0) is 112 Å². The number of fused-ring (bicyclic) bond motifs is 3. The van der Waals surface area contributed by atoms with Crippen LogP contribution in [0.5, 0.6) is 11.5 Å². The van der Waals surface area contributed by atoms with Crippen molar-refractivity contribution in [3.05, 3.63) is 89.2 Å². The Kier molecular flexibility index (Phi) is 12.4. The van der Waals surface area contributed by atoms with Crippen molar-refractivity contribution < 1.29 is 38.8 Å². The van der Waals surface area contributed by atoms with Gasteiger partial charge in [-0.2, -0.15) is 0 Å². The molecule has 0 aliphatic carbocycles. The van der Waals surface area contributed by atoms with Gasteiger partial charge < -0.3 is 39.4 Å². The third kappa shape index (κ3) is 7.90. The Morgan fingerprint density at radius 3 is 2.47 bits per heavy atom. The molecule has 3 aliphatic heterocycles. The fourth-order valence-corrected chi connectivity index (χ4v) is 11.8. The maximum absolute atomic E-state index is 15.1. The molecule has 58 heavy (non-hydrogen) atoms. The zero-order chi connectivity index (χ0) is 41.2. The van der Waals surface area contributed by atoms with Gasteiger partial charge in [0.05, 0.1) is 49.5 Å². The van der Waals surface area contributed by atoms with Gasteiger partial charge in [0.1, 0.15) is 11.5 Å². The van der Waals surface area contributed by atoms with E-state index in [1.54, 1.807) is 21.6 Å². The number of aliphatic hydroxyl groups is 2. The van der Waals surface area contributed by atoms with Crippen molar-refractivity contribution >= 4 is 37.2 Å². The summed E-state index contributed by atoms with van der Waals surface area (Å²) in [6.07, 6.45) is 4.24. The third-order valence-electron chi connectivity index (χ3n) is 11.8. The molecule has 15 heteroatoms. The number of methoxy groups -OCH3 is 1. The normalized spacial score (nSPS) is 22.8. The van der Waals surface area contributed by atoms with E-state index in [9.17, 15) is 19.8 Å². The molecule has 310 valence electrons. The molecule has 0 saturated carbocycles. The second-order valence-corrected chi connectivity index (χ2v) is 20.0. The van der Waals surface area contributed by atoms with Crippen LogP contribution in [0.4, 0.5) is 17.1 Å². The summed E-state index contributed by atoms with van der Waals surface area (Å²) >= 11 is 0. The summed E-state index contributed by atoms with van der Waals surface area (Å²) in [4.78, 5) is 44.4. The maximum atomic E-state index is 15.1. The van der Waals surface area contributed by atoms with Gasteiger partial charge in [-0.3, -0.25) is 19.2 Å². The number of aliphatic hydroxyl groups excluding tert-OH is 2. The second-order valence-electron chi connectivity index (χ2n) is 16.1. The minimum Gasteiger partial charge on any atom is -0.497 e. The van der Waals surface area contributed by atoms with Crippen molar-refractivity contribution in [2.75, 3.05) is 43.3 Å². The van der Waals surface area contributed by atoms with E-state index in [2.05, 4.69) is 15.6 Å². The molecule has 1 spiro atoms. The number of nitrogens with one attached hydrogen (secondary N) is 1. The quantitative estimate of drug-likeness (QED) is 0.0868. The first-order valence-electron chi connectivity index (χ1n) is 20.4. The van der Waals surface area contributed by atoms with E-state index in [4.69, 9.17) is 14.2 Å². The number of aryl methyl sites for hydroxylation is 1. The highest BCUT2D eigenvalue weighted by Crippen LogP contribution is 2.60. The third-order valence-corrected chi connectivity index (χ3v) is 14.3. The molecular weight excluding hydrogens is 757 g/mol. The first-order valence-corrected chi connectivity index (χ1v) is 23.4. The Morgan fingerprint density at radius 1 is 1.00 bits per heavy atom. The Labute approximate surface area is 340 Å². The Bertz CT molecular complexity index is 2090. The van der Waals surface area contributed by atoms with E-state index >= 15 is 4.79 Å². The van der Waals surface area contributed by atoms with Gasteiger partial charge >= 0.3 is 0 Å². The Balaban J connectivity index is 1.17. The molecule has 0 bridgehead atoms. The molecule has 1 unspecified atom stereocenters. The lowest BCUT2D eigenvalue weighted by Crippen LogP contribution is -2.49. The molecule has 4 N–H and O–H groups in total. The average molecular weight is 813 g/mol. The van der Waals surface area contributed by atoms with Crippen LogP contribution >= 0.6 is 0 Å². The zero-order valence-corrected chi connectivity index (χ0v) is 35.1. The predicted octanol–water partition coefficient (Wildman–Crippen LogP) is 4.61. The predicted molar refractivity (Wildman–Crippen MR) is 222 cm³/mol. The molecule has 2 amide bonds. The molecule has 3 aliphatic rings. The lowest BCUT2D eigenvalue weighted by atomic mass is 9.82. The standard InChI is InChI=1S/C43H56N6O8Si/c1-6-56-34-14-15-37-30(23-34)24-36(44-19-7-8-21-50)41(52)49(37)32-11-9-29(10-12-32)26-48-38-16-13-33(55-3)25-35(38)43(42(48)53)28(2)40(58(4,5)54)39(57-43)17-20-47-27-31(18-22-51)45-46-47/h9-16,23,25,27-28,36,39-40,44,50-51,54H,6-8,17-22,24,26H2,1-5H3/t28-,36?,39+,40-,43+/m0/s1. The number of ether oxygens (including phenoxy) is 3. The summed E-state index contributed by atoms with van der Waals surface area (Å²) in [5.41, 5.74) is 3.90. The van der Waals surface area contributed by atoms with Crippen LogP contribution in [0.25, 0.3) is 0 Å². The van der Waals surface area contributed by atoms with Crippen molar-refractivity contribution in [1.29, 1.82) is 0 Å². The molecule has 4 aromatic rings. The minimum atomic E-state index is -2.90. The number of hydrogen-bond donors (Lipinski definition) is 4. The van der Waals surface area contributed by atoms with E-state index in [0.29, 0.717) is 62.5 Å². The highest BCUT2D eigenvalue weighted by Gasteiger charge is 2.66. The number of benzene rings is 3. The number of anilines is 3. The van der Waals surface area contributed by atoms with Crippen LogP contribution < -0.4 is 24.6 Å². The molecule has 5 atom stereocenters. The van der Waals surface area contributed by atoms with Crippen LogP contribution in [0.2, 0.25) is 18.6 Å². The molecule has 7 rings (SSSR count). The smallest absolute Gasteiger partial charge is 0.264 e. The van der Waals surface area contributed by atoms with Crippen molar-refractivity contribution in [3.8, 4) is 11.5 Å². The molecule has 14 nitrogen and oxygen atoms in total. The second kappa shape index (κ2) is 17.3. The Hall–Kier alpha value is -4.64. The summed E-state index contributed by atoms with van der Waals surface area (Å²) in [5.74, 6) is 0.753. The average Bonchev–Trinajstić information content (AvgIpc) is 3.85. The van der Waals surface area contributed by atoms with E-state index in [1.165, 1.54) is 0 Å². The zero-order valence-electron chi connectivity index (χ0n) is 34.1. The summed E-state index contributed by atoms with van der Waals surface area (Å²) in [6, 6.07) is 18.8. The fourth-order valence-electron chi connectivity index (χ4n) is 9.20. The topological polar surface area (TPSA) is 172 Å². The maximum Gasteiger partial charge on any atom is 0.264 e. The molecule has 3 aromatic carbocycles. The number of carbonyl (C=O) groups is 2. The minimum absolute atomic E-state index is 0.0172. The summed E-state index contributed by atoms with van der Waals surface area (Å²) < 4.78 is 20.2. The number of nitrogens with zero attached hydrogens (tertiary/aromatic N) is 5. The number of unbranched alkanes of at least 4 members (excludes halogenated alkanes) is 1. The van der Waals surface area contributed by atoms with Crippen LogP contribution in [-0.2, 0) is 45.9 Å². The molecule has 1 fully saturated rings. The molecule has 0 radical (unpaired) electrons. The van der Waals surface area contributed by atoms with Crippen LogP contribution in [0.3, 0.4) is 0 Å². The number of hydrogen-bond acceptors (Lipinski definition) is 11. The number of amides is 2. The number of rotatable bonds is 17. The largest absolute Gasteiger partial charge is 0.497 e. The van der Waals surface area contributed by atoms with Crippen LogP contribution in [0.1, 0.15) is 55.5 Å². The highest BCUT2D eigenvalue weighted by molar-refractivity contribution is 6.71. The highest BCUT2D eigenvalue weighted by atomic mass is 28.4. The van der Waals surface area contributed by atoms with Crippen LogP contribution in [0, 0.1) is 5.92 Å². The molecular formula is C43H56N6O8Si. The molecule has 4 heterocycles. The summed E-state index contributed by atoms with van der Waals surface area (Å²) in [7, 11) is -1.30. The van der Waals surface area contributed by atoms with Crippen LogP contribution in [-0.4, -0.2) is 95.8 Å². The van der Waals surface area contributed by atoms with Crippen LogP contribution in [0.15, 0.2) is 66.9 Å². The lowest BCUT2D eigenvalue weighted by molar-refractivity contribution is -0.146. The number of carbonyl (C=O) groups excluding carboxylic acids is 2. The molecule has 1 saturated heterocycles. The fraction of sp³-hybridized carbons (Fsp3) is 0.488. The number of aromatic nitrogens is 3. The SMILES string of the molecule is CCOc1ccc2c(c1)CC(NCCCCO)C(=O)N2c1ccc(CN2C(=O)[C@]3(O[C@H](CCn4cc(CCO)nn4)[C@@H]([Si](C)(C)O)[C@@H]3C)c3cc(OC)ccc32)cc1. The van der Waals surface area contributed by atoms with E-state index < -0.39 is 26.1 Å². The lowest BCUT2D eigenvalue weighted by Gasteiger charge is -2.35. The van der Waals surface area contributed by atoms with Gasteiger partial charge in [-0.25, -0.2) is 0 Å². The van der Waals surface area contributed by atoms with Crippen molar-refractivity contribution in [2.45, 2.75) is 95.4 Å². The van der Waals surface area contributed by atoms with E-state index in [-0.39, 0.29) is 43.0 Å². The molecule has 1 aromatic heterocycles. The van der Waals surface area contributed by atoms with Gasteiger partial charge in [0.15, 0.2) is 13.9 Å². The van der Waals surface area contributed by atoms with Crippen molar-refractivity contribution in [1.82, 2.24) is 20.3 Å². The summed E-state index contributed by atoms with van der Waals surface area (Å²) in [5, 5.41) is 30.4. The first-order chi connectivity index (χ1) is 27.9.